The van der Waals surface area contributed by atoms with E-state index in [9.17, 15) is 14.7 Å². The number of allylic oxidation sites excluding steroid dienone is 1. The van der Waals surface area contributed by atoms with Gasteiger partial charge in [-0.25, -0.2) is 0 Å². The lowest BCUT2D eigenvalue weighted by atomic mass is 10.1. The number of aliphatic hydroxyl groups is 1. The molecule has 1 rings (SSSR count). The Balaban J connectivity index is 2.33. The van der Waals surface area contributed by atoms with Crippen molar-refractivity contribution in [1.82, 2.24) is 5.32 Å². The second-order valence-electron chi connectivity index (χ2n) is 6.80. The maximum absolute atomic E-state index is 12.4. The molecule has 0 aliphatic carbocycles. The Morgan fingerprint density at radius 2 is 1.85 bits per heavy atom. The van der Waals surface area contributed by atoms with E-state index >= 15 is 0 Å². The minimum absolute atomic E-state index is 0.0405. The summed E-state index contributed by atoms with van der Waals surface area (Å²) in [7, 11) is 0. The first-order chi connectivity index (χ1) is 13.0. The highest BCUT2D eigenvalue weighted by atomic mass is 32.2. The summed E-state index contributed by atoms with van der Waals surface area (Å²) < 4.78 is 0. The quantitative estimate of drug-likeness (QED) is 0.473. The summed E-state index contributed by atoms with van der Waals surface area (Å²) in [6.07, 6.45) is 11.7. The smallest absolute Gasteiger partial charge is 0.220 e. The maximum atomic E-state index is 12.4. The third-order valence-corrected chi connectivity index (χ3v) is 5.07. The molecule has 1 aromatic carbocycles. The summed E-state index contributed by atoms with van der Waals surface area (Å²) in [5, 5.41) is 12.0. The number of amides is 1. The largest absolute Gasteiger partial charge is 0.393 e. The molecular formula is C22H33NO3S. The van der Waals surface area contributed by atoms with E-state index in [0.717, 1.165) is 36.8 Å². The van der Waals surface area contributed by atoms with Crippen molar-refractivity contribution in [2.45, 2.75) is 64.9 Å². The summed E-state index contributed by atoms with van der Waals surface area (Å²) >= 11 is 1.24. The first-order valence-corrected chi connectivity index (χ1v) is 10.8. The van der Waals surface area contributed by atoms with Gasteiger partial charge in [0, 0.05) is 24.8 Å². The molecule has 27 heavy (non-hydrogen) atoms. The van der Waals surface area contributed by atoms with E-state index in [0.29, 0.717) is 12.3 Å². The van der Waals surface area contributed by atoms with Crippen molar-refractivity contribution in [2.75, 3.05) is 12.3 Å². The number of thioether (sulfide) groups is 1. The van der Waals surface area contributed by atoms with Crippen molar-refractivity contribution >= 4 is 28.9 Å². The highest BCUT2D eigenvalue weighted by Crippen LogP contribution is 2.18. The average Bonchev–Trinajstić information content (AvgIpc) is 2.63. The zero-order valence-corrected chi connectivity index (χ0v) is 17.4. The van der Waals surface area contributed by atoms with Crippen molar-refractivity contribution in [3.8, 4) is 0 Å². The predicted molar refractivity (Wildman–Crippen MR) is 115 cm³/mol. The third-order valence-electron chi connectivity index (χ3n) is 4.18. The number of benzene rings is 1. The van der Waals surface area contributed by atoms with Gasteiger partial charge in [0.05, 0.1) is 6.10 Å². The van der Waals surface area contributed by atoms with Crippen LogP contribution in [0.5, 0.6) is 0 Å². The van der Waals surface area contributed by atoms with Gasteiger partial charge in [-0.15, -0.1) is 0 Å². The Bertz CT molecular complexity index is 599. The standard InChI is InChI=1S/C22H33NO3S/c1-18(24)12-8-6-4-3-5-7-9-13-20-14-10-11-15-21(20)22(26)27-17-16-23-19(2)25/h9-11,13-15,18,24H,3-8,12,16-17H2,1-2H3,(H,23,25)/b13-9+/t18-/m0/s1. The third kappa shape index (κ3) is 11.7. The zero-order chi connectivity index (χ0) is 19.9. The molecule has 0 aliphatic heterocycles. The van der Waals surface area contributed by atoms with Crippen molar-refractivity contribution in [1.29, 1.82) is 0 Å². The molecule has 0 heterocycles. The Kier molecular flexibility index (Phi) is 12.6. The van der Waals surface area contributed by atoms with E-state index in [1.165, 1.54) is 37.9 Å². The molecule has 0 bridgehead atoms. The Hall–Kier alpha value is -1.59. The van der Waals surface area contributed by atoms with Gasteiger partial charge in [-0.1, -0.05) is 67.8 Å². The molecule has 0 aliphatic rings. The van der Waals surface area contributed by atoms with Crippen LogP contribution in [-0.2, 0) is 4.79 Å². The maximum Gasteiger partial charge on any atom is 0.220 e. The van der Waals surface area contributed by atoms with Crippen LogP contribution in [-0.4, -0.2) is 34.5 Å². The topological polar surface area (TPSA) is 66.4 Å². The van der Waals surface area contributed by atoms with Crippen LogP contribution in [0, 0.1) is 0 Å². The van der Waals surface area contributed by atoms with Crippen LogP contribution in [0.25, 0.3) is 6.08 Å². The minimum atomic E-state index is -0.181. The number of carbonyl (C=O) groups is 2. The normalized spacial score (nSPS) is 12.3. The number of hydrogen-bond donors (Lipinski definition) is 2. The molecule has 1 aromatic rings. The predicted octanol–water partition coefficient (Wildman–Crippen LogP) is 4.82. The van der Waals surface area contributed by atoms with Crippen LogP contribution in [0.2, 0.25) is 0 Å². The van der Waals surface area contributed by atoms with Crippen molar-refractivity contribution < 1.29 is 14.7 Å². The average molecular weight is 392 g/mol. The highest BCUT2D eigenvalue weighted by molar-refractivity contribution is 8.14. The van der Waals surface area contributed by atoms with Crippen molar-refractivity contribution in [3.05, 3.63) is 41.5 Å². The monoisotopic (exact) mass is 391 g/mol. The molecule has 150 valence electrons. The molecular weight excluding hydrogens is 358 g/mol. The van der Waals surface area contributed by atoms with Gasteiger partial charge in [-0.3, -0.25) is 9.59 Å². The van der Waals surface area contributed by atoms with Gasteiger partial charge < -0.3 is 10.4 Å². The Labute approximate surface area is 167 Å². The summed E-state index contributed by atoms with van der Waals surface area (Å²) in [6, 6.07) is 7.65. The first kappa shape index (κ1) is 23.4. The Morgan fingerprint density at radius 3 is 2.59 bits per heavy atom. The molecule has 1 atom stereocenters. The first-order valence-electron chi connectivity index (χ1n) is 9.86. The number of aliphatic hydroxyl groups excluding tert-OH is 1. The lowest BCUT2D eigenvalue weighted by molar-refractivity contribution is -0.118. The SMILES string of the molecule is CC(=O)NCCSC(=O)c1ccccc1/C=C/CCCCCCC[C@H](C)O. The van der Waals surface area contributed by atoms with Gasteiger partial charge in [-0.2, -0.15) is 0 Å². The molecule has 0 fully saturated rings. The van der Waals surface area contributed by atoms with Crippen molar-refractivity contribution in [2.24, 2.45) is 0 Å². The lowest BCUT2D eigenvalue weighted by Crippen LogP contribution is -2.22. The van der Waals surface area contributed by atoms with Crippen LogP contribution >= 0.6 is 11.8 Å². The fourth-order valence-electron chi connectivity index (χ4n) is 2.72. The fraction of sp³-hybridized carbons (Fsp3) is 0.545. The van der Waals surface area contributed by atoms with Gasteiger partial charge in [0.25, 0.3) is 0 Å². The van der Waals surface area contributed by atoms with Gasteiger partial charge >= 0.3 is 0 Å². The number of unbranched alkanes of at least 4 members (excludes halogenated alkanes) is 5. The summed E-state index contributed by atoms with van der Waals surface area (Å²) in [4.78, 5) is 23.3. The van der Waals surface area contributed by atoms with Gasteiger partial charge in [0.15, 0.2) is 0 Å². The van der Waals surface area contributed by atoms with E-state index in [2.05, 4.69) is 11.4 Å². The fourth-order valence-corrected chi connectivity index (χ4v) is 3.45. The molecule has 1 amide bonds. The molecule has 0 aromatic heterocycles. The second-order valence-corrected chi connectivity index (χ2v) is 7.87. The van der Waals surface area contributed by atoms with Crippen LogP contribution < -0.4 is 5.32 Å². The minimum Gasteiger partial charge on any atom is -0.393 e. The van der Waals surface area contributed by atoms with Crippen LogP contribution in [0.3, 0.4) is 0 Å². The van der Waals surface area contributed by atoms with Gasteiger partial charge in [-0.05, 0) is 37.8 Å². The van der Waals surface area contributed by atoms with Crippen LogP contribution in [0.4, 0.5) is 0 Å². The van der Waals surface area contributed by atoms with E-state index < -0.39 is 0 Å². The molecule has 0 saturated heterocycles. The summed E-state index contributed by atoms with van der Waals surface area (Å²) in [5.74, 6) is 0.500. The van der Waals surface area contributed by atoms with E-state index in [1.807, 2.05) is 37.3 Å². The van der Waals surface area contributed by atoms with Gasteiger partial charge in [0.2, 0.25) is 11.0 Å². The Morgan fingerprint density at radius 1 is 1.15 bits per heavy atom. The van der Waals surface area contributed by atoms with E-state index in [-0.39, 0.29) is 17.1 Å². The number of carbonyl (C=O) groups excluding carboxylic acids is 2. The lowest BCUT2D eigenvalue weighted by Gasteiger charge is -2.05. The van der Waals surface area contributed by atoms with Crippen LogP contribution in [0.15, 0.2) is 30.3 Å². The molecule has 5 heteroatoms. The number of nitrogens with one attached hydrogen (secondary N) is 1. The molecule has 4 nitrogen and oxygen atoms in total. The van der Waals surface area contributed by atoms with Gasteiger partial charge in [0.1, 0.15) is 0 Å². The summed E-state index contributed by atoms with van der Waals surface area (Å²) in [6.45, 7) is 3.82. The summed E-state index contributed by atoms with van der Waals surface area (Å²) in [5.41, 5.74) is 1.67. The zero-order valence-electron chi connectivity index (χ0n) is 16.6. The molecule has 0 spiro atoms. The molecule has 2 N–H and O–H groups in total. The molecule has 0 radical (unpaired) electrons. The van der Waals surface area contributed by atoms with Crippen molar-refractivity contribution in [3.63, 3.8) is 0 Å². The number of rotatable bonds is 13. The van der Waals surface area contributed by atoms with E-state index in [4.69, 9.17) is 0 Å². The highest BCUT2D eigenvalue weighted by Gasteiger charge is 2.09. The molecule has 0 unspecified atom stereocenters. The second kappa shape index (κ2) is 14.5. The van der Waals surface area contributed by atoms with Crippen LogP contribution in [0.1, 0.15) is 74.7 Å². The van der Waals surface area contributed by atoms with E-state index in [1.54, 1.807) is 0 Å². The number of hydrogen-bond acceptors (Lipinski definition) is 4. The molecule has 0 saturated carbocycles.